The number of hydrogen-bond donors (Lipinski definition) is 3. The third kappa shape index (κ3) is 7.19. The van der Waals surface area contributed by atoms with Crippen LogP contribution in [0.5, 0.6) is 11.5 Å². The van der Waals surface area contributed by atoms with Crippen LogP contribution in [0.25, 0.3) is 22.2 Å². The van der Waals surface area contributed by atoms with E-state index in [1.807, 2.05) is 43.3 Å². The van der Waals surface area contributed by atoms with E-state index in [0.717, 1.165) is 33.3 Å². The fraction of sp³-hybridized carbons (Fsp3) is 0.206. The molecular formula is C34H30ClN5O5. The van der Waals surface area contributed by atoms with Crippen LogP contribution in [0.15, 0.2) is 79.4 Å². The van der Waals surface area contributed by atoms with Crippen molar-refractivity contribution in [3.05, 3.63) is 112 Å². The molecular weight excluding hydrogens is 594 g/mol. The van der Waals surface area contributed by atoms with Crippen molar-refractivity contribution in [1.29, 1.82) is 5.26 Å². The zero-order valence-electron chi connectivity index (χ0n) is 24.6. The molecule has 0 radical (unpaired) electrons. The van der Waals surface area contributed by atoms with Gasteiger partial charge in [-0.05, 0) is 60.4 Å². The van der Waals surface area contributed by atoms with Crippen LogP contribution in [-0.4, -0.2) is 43.3 Å². The Kier molecular flexibility index (Phi) is 9.54. The van der Waals surface area contributed by atoms with Crippen LogP contribution in [0.4, 0.5) is 0 Å². The van der Waals surface area contributed by atoms with Crippen LogP contribution in [0.2, 0.25) is 5.02 Å². The van der Waals surface area contributed by atoms with Crippen LogP contribution in [0.1, 0.15) is 34.7 Å². The van der Waals surface area contributed by atoms with Gasteiger partial charge in [0.05, 0.1) is 28.2 Å². The number of nitrogens with one attached hydrogen (secondary N) is 1. The molecule has 2 aromatic heterocycles. The summed E-state index contributed by atoms with van der Waals surface area (Å²) in [6.07, 6.45) is 6.39. The maximum absolute atomic E-state index is 11.7. The Bertz CT molecular complexity index is 1910. The number of fused-ring (bicyclic) bond motifs is 1. The zero-order valence-corrected chi connectivity index (χ0v) is 25.4. The molecule has 0 saturated heterocycles. The maximum Gasteiger partial charge on any atom is 0.326 e. The first kappa shape index (κ1) is 31.3. The third-order valence-electron chi connectivity index (χ3n) is 7.50. The molecule has 1 atom stereocenters. The minimum Gasteiger partial charge on any atom is -0.488 e. The van der Waals surface area contributed by atoms with E-state index < -0.39 is 18.1 Å². The molecule has 10 nitrogen and oxygen atoms in total. The van der Waals surface area contributed by atoms with Gasteiger partial charge in [-0.25, -0.2) is 0 Å². The summed E-state index contributed by atoms with van der Waals surface area (Å²) in [5.41, 5.74) is 5.71. The molecule has 0 aliphatic heterocycles. The van der Waals surface area contributed by atoms with Crippen molar-refractivity contribution in [2.75, 3.05) is 6.61 Å². The second-order valence-corrected chi connectivity index (χ2v) is 11.1. The van der Waals surface area contributed by atoms with Crippen LogP contribution < -0.4 is 14.8 Å². The molecule has 2 heterocycles. The molecule has 0 aliphatic carbocycles. The van der Waals surface area contributed by atoms with Crippen molar-refractivity contribution < 1.29 is 24.5 Å². The summed E-state index contributed by atoms with van der Waals surface area (Å²) < 4.78 is 12.3. The Hall–Kier alpha value is -5.08. The molecule has 5 aromatic rings. The first-order valence-corrected chi connectivity index (χ1v) is 14.4. The number of carboxylic acid groups (broad SMARTS) is 1. The monoisotopic (exact) mass is 623 g/mol. The summed E-state index contributed by atoms with van der Waals surface area (Å²) in [5, 5.41) is 31.7. The second kappa shape index (κ2) is 13.7. The zero-order chi connectivity index (χ0) is 32.0. The van der Waals surface area contributed by atoms with Gasteiger partial charge in [0.15, 0.2) is 0 Å². The van der Waals surface area contributed by atoms with E-state index in [1.165, 1.54) is 13.1 Å². The molecule has 11 heteroatoms. The van der Waals surface area contributed by atoms with Gasteiger partial charge in [0.1, 0.15) is 36.3 Å². The molecule has 0 spiro atoms. The van der Waals surface area contributed by atoms with Gasteiger partial charge in [-0.2, -0.15) is 5.26 Å². The van der Waals surface area contributed by atoms with Gasteiger partial charge in [-0.1, -0.05) is 35.9 Å². The largest absolute Gasteiger partial charge is 0.488 e. The van der Waals surface area contributed by atoms with E-state index in [2.05, 4.69) is 26.3 Å². The second-order valence-electron chi connectivity index (χ2n) is 10.7. The van der Waals surface area contributed by atoms with Crippen molar-refractivity contribution in [3.63, 3.8) is 0 Å². The van der Waals surface area contributed by atoms with Crippen LogP contribution in [0.3, 0.4) is 0 Å². The minimum absolute atomic E-state index is 0.0342. The molecule has 0 aliphatic rings. The molecule has 3 N–H and O–H groups in total. The van der Waals surface area contributed by atoms with E-state index in [1.54, 1.807) is 36.8 Å². The number of aliphatic hydroxyl groups is 1. The van der Waals surface area contributed by atoms with Gasteiger partial charge in [-0.15, -0.1) is 0 Å². The van der Waals surface area contributed by atoms with Gasteiger partial charge in [0.2, 0.25) is 0 Å². The summed E-state index contributed by atoms with van der Waals surface area (Å²) >= 11 is 6.66. The van der Waals surface area contributed by atoms with E-state index in [9.17, 15) is 20.3 Å². The number of aliphatic hydroxyl groups excluding tert-OH is 1. The topological polar surface area (TPSA) is 150 Å². The molecule has 5 rings (SSSR count). The fourth-order valence-corrected chi connectivity index (χ4v) is 4.92. The fourth-order valence-electron chi connectivity index (χ4n) is 4.68. The average Bonchev–Trinajstić information content (AvgIpc) is 3.06. The first-order valence-electron chi connectivity index (χ1n) is 14.0. The van der Waals surface area contributed by atoms with Crippen molar-refractivity contribution in [1.82, 2.24) is 20.3 Å². The number of benzene rings is 3. The Balaban J connectivity index is 1.40. The number of ether oxygens (including phenoxy) is 2. The van der Waals surface area contributed by atoms with Gasteiger partial charge in [0.25, 0.3) is 0 Å². The highest BCUT2D eigenvalue weighted by Crippen LogP contribution is 2.35. The maximum atomic E-state index is 11.7. The molecule has 3 aromatic carbocycles. The molecule has 0 fully saturated rings. The van der Waals surface area contributed by atoms with Gasteiger partial charge < -0.3 is 19.7 Å². The van der Waals surface area contributed by atoms with E-state index >= 15 is 0 Å². The standard InChI is InChI=1S/C34H30ClN5O5/c1-21-25(4-3-5-27(21)24-6-7-29-30(12-24)39-9-8-38-29)19-45-32-13-31(44-18-23-10-22(14-36)15-37-16-23)26(11-28(32)35)17-40-34(2,20-41)33(42)43/h3-13,15-16,40-41H,17-20H2,1-2H3,(H,42,43)/t34-/m1/s1. The number of halogens is 1. The average molecular weight is 624 g/mol. The van der Waals surface area contributed by atoms with E-state index in [4.69, 9.17) is 21.1 Å². The number of carbonyl (C=O) groups is 1. The van der Waals surface area contributed by atoms with Crippen LogP contribution in [-0.2, 0) is 24.6 Å². The molecule has 0 saturated carbocycles. The number of pyridine rings is 1. The SMILES string of the molecule is Cc1c(COc2cc(OCc3cncc(C#N)c3)c(CN[C@](C)(CO)C(=O)O)cc2Cl)cccc1-c1ccc2nccnc2c1. The lowest BCUT2D eigenvalue weighted by Crippen LogP contribution is -2.52. The third-order valence-corrected chi connectivity index (χ3v) is 7.80. The number of aliphatic carboxylic acids is 1. The van der Waals surface area contributed by atoms with Gasteiger partial charge >= 0.3 is 5.97 Å². The highest BCUT2D eigenvalue weighted by Gasteiger charge is 2.32. The molecule has 0 bridgehead atoms. The number of aromatic nitrogens is 3. The molecule has 0 amide bonds. The summed E-state index contributed by atoms with van der Waals surface area (Å²) in [5.74, 6) is -0.446. The number of carboxylic acids is 1. The number of nitriles is 1. The summed E-state index contributed by atoms with van der Waals surface area (Å²) in [6, 6.07) is 19.0. The van der Waals surface area contributed by atoms with Crippen LogP contribution in [0, 0.1) is 18.3 Å². The quantitative estimate of drug-likeness (QED) is 0.160. The summed E-state index contributed by atoms with van der Waals surface area (Å²) in [7, 11) is 0. The predicted molar refractivity (Wildman–Crippen MR) is 169 cm³/mol. The Morgan fingerprint density at radius 3 is 2.53 bits per heavy atom. The minimum atomic E-state index is -1.58. The van der Waals surface area contributed by atoms with E-state index in [-0.39, 0.29) is 19.8 Å². The predicted octanol–water partition coefficient (Wildman–Crippen LogP) is 5.61. The van der Waals surface area contributed by atoms with Crippen molar-refractivity contribution in [2.45, 2.75) is 39.1 Å². The lowest BCUT2D eigenvalue weighted by atomic mass is 9.96. The molecule has 228 valence electrons. The normalized spacial score (nSPS) is 12.3. The lowest BCUT2D eigenvalue weighted by Gasteiger charge is -2.25. The number of hydrogen-bond acceptors (Lipinski definition) is 9. The van der Waals surface area contributed by atoms with E-state index in [0.29, 0.717) is 33.2 Å². The van der Waals surface area contributed by atoms with Crippen molar-refractivity contribution >= 4 is 28.6 Å². The highest BCUT2D eigenvalue weighted by molar-refractivity contribution is 6.32. The summed E-state index contributed by atoms with van der Waals surface area (Å²) in [4.78, 5) is 24.6. The number of nitrogens with zero attached hydrogens (tertiary/aromatic N) is 4. The van der Waals surface area contributed by atoms with Gasteiger partial charge in [0, 0.05) is 48.5 Å². The van der Waals surface area contributed by atoms with Crippen LogP contribution >= 0.6 is 11.6 Å². The van der Waals surface area contributed by atoms with Crippen molar-refractivity contribution in [3.8, 4) is 28.7 Å². The van der Waals surface area contributed by atoms with Gasteiger partial charge in [-0.3, -0.25) is 25.1 Å². The van der Waals surface area contributed by atoms with Crippen molar-refractivity contribution in [2.24, 2.45) is 0 Å². The Morgan fingerprint density at radius 2 is 1.78 bits per heavy atom. The lowest BCUT2D eigenvalue weighted by molar-refractivity contribution is -0.145. The molecule has 45 heavy (non-hydrogen) atoms. The Morgan fingerprint density at radius 1 is 1.00 bits per heavy atom. The highest BCUT2D eigenvalue weighted by atomic mass is 35.5. The smallest absolute Gasteiger partial charge is 0.326 e. The first-order chi connectivity index (χ1) is 21.7. The summed E-state index contributed by atoms with van der Waals surface area (Å²) in [6.45, 7) is 3.14. The molecule has 0 unspecified atom stereocenters. The Labute approximate surface area is 264 Å². The number of rotatable bonds is 12.